The van der Waals surface area contributed by atoms with E-state index in [0.717, 1.165) is 0 Å². The zero-order valence-electron chi connectivity index (χ0n) is 9.72. The lowest BCUT2D eigenvalue weighted by molar-refractivity contribution is -0.137. The van der Waals surface area contributed by atoms with Gasteiger partial charge in [-0.3, -0.25) is 9.59 Å². The van der Waals surface area contributed by atoms with E-state index < -0.39 is 10.8 Å². The van der Waals surface area contributed by atoms with Crippen LogP contribution >= 0.6 is 37.9 Å². The van der Waals surface area contributed by atoms with Crippen LogP contribution in [0.15, 0.2) is 0 Å². The van der Waals surface area contributed by atoms with Crippen molar-refractivity contribution in [1.29, 1.82) is 0 Å². The summed E-state index contributed by atoms with van der Waals surface area (Å²) in [5.74, 6) is -0.976. The van der Waals surface area contributed by atoms with Gasteiger partial charge in [0.1, 0.15) is 0 Å². The van der Waals surface area contributed by atoms with Crippen molar-refractivity contribution < 1.29 is 14.7 Å². The molecule has 1 amide bonds. The van der Waals surface area contributed by atoms with Gasteiger partial charge < -0.3 is 10.4 Å². The molecule has 4 nitrogen and oxygen atoms in total. The van der Waals surface area contributed by atoms with E-state index >= 15 is 0 Å². The number of hydrogen-bond acceptors (Lipinski definition) is 5. The van der Waals surface area contributed by atoms with E-state index in [1.807, 2.05) is 0 Å². The SMILES string of the molecule is CC(=O)NC(S)(CCCCC(=O)O)CC(S)S. The van der Waals surface area contributed by atoms with Gasteiger partial charge in [0, 0.05) is 24.3 Å². The minimum Gasteiger partial charge on any atom is -0.481 e. The monoisotopic (exact) mass is 297 g/mol. The molecule has 100 valence electrons. The van der Waals surface area contributed by atoms with Crippen molar-refractivity contribution in [1.82, 2.24) is 5.32 Å². The van der Waals surface area contributed by atoms with E-state index in [2.05, 4.69) is 43.2 Å². The molecule has 0 saturated carbocycles. The normalized spacial score (nSPS) is 14.4. The summed E-state index contributed by atoms with van der Waals surface area (Å²) in [4.78, 5) is 20.8. The van der Waals surface area contributed by atoms with E-state index in [4.69, 9.17) is 5.11 Å². The lowest BCUT2D eigenvalue weighted by atomic mass is 10.0. The molecule has 2 N–H and O–H groups in total. The number of thiol groups is 3. The van der Waals surface area contributed by atoms with E-state index in [-0.39, 0.29) is 16.9 Å². The minimum atomic E-state index is -0.810. The molecule has 0 rings (SSSR count). The van der Waals surface area contributed by atoms with Gasteiger partial charge in [-0.25, -0.2) is 0 Å². The summed E-state index contributed by atoms with van der Waals surface area (Å²) in [5.41, 5.74) is 0. The molecule has 0 heterocycles. The second kappa shape index (κ2) is 8.16. The molecule has 1 unspecified atom stereocenters. The van der Waals surface area contributed by atoms with E-state index in [1.54, 1.807) is 0 Å². The maximum Gasteiger partial charge on any atom is 0.303 e. The first-order valence-corrected chi connectivity index (χ1v) is 6.82. The molecule has 0 aromatic rings. The third-order valence-electron chi connectivity index (χ3n) is 2.16. The second-order valence-electron chi connectivity index (χ2n) is 4.00. The average molecular weight is 297 g/mol. The summed E-state index contributed by atoms with van der Waals surface area (Å²) < 4.78 is -0.182. The van der Waals surface area contributed by atoms with Gasteiger partial charge in [-0.05, 0) is 19.3 Å². The number of carbonyl (C=O) groups is 2. The van der Waals surface area contributed by atoms with Crippen LogP contribution in [0.5, 0.6) is 0 Å². The van der Waals surface area contributed by atoms with E-state index in [1.165, 1.54) is 6.92 Å². The Balaban J connectivity index is 4.18. The molecule has 0 spiro atoms. The first-order chi connectivity index (χ1) is 7.75. The first kappa shape index (κ1) is 17.0. The third-order valence-corrected chi connectivity index (χ3v) is 3.04. The summed E-state index contributed by atoms with van der Waals surface area (Å²) in [6.45, 7) is 1.42. The lowest BCUT2D eigenvalue weighted by Crippen LogP contribution is -2.44. The van der Waals surface area contributed by atoms with Gasteiger partial charge in [-0.1, -0.05) is 0 Å². The fourth-order valence-corrected chi connectivity index (χ4v) is 2.95. The van der Waals surface area contributed by atoms with Gasteiger partial charge in [0.25, 0.3) is 0 Å². The fourth-order valence-electron chi connectivity index (χ4n) is 1.54. The molecule has 0 aliphatic rings. The molecule has 0 aromatic carbocycles. The van der Waals surface area contributed by atoms with Gasteiger partial charge >= 0.3 is 5.97 Å². The van der Waals surface area contributed by atoms with Crippen molar-refractivity contribution in [2.75, 3.05) is 0 Å². The Bertz CT molecular complexity index is 274. The van der Waals surface area contributed by atoms with Crippen molar-refractivity contribution in [3.8, 4) is 0 Å². The molecule has 0 aliphatic heterocycles. The highest BCUT2D eigenvalue weighted by Gasteiger charge is 2.27. The predicted octanol–water partition coefficient (Wildman–Crippen LogP) is 1.97. The molecule has 0 radical (unpaired) electrons. The highest BCUT2D eigenvalue weighted by molar-refractivity contribution is 7.99. The van der Waals surface area contributed by atoms with Crippen LogP contribution in [0.3, 0.4) is 0 Å². The maximum absolute atomic E-state index is 11.1. The van der Waals surface area contributed by atoms with Crippen molar-refractivity contribution >= 4 is 49.8 Å². The Morgan fingerprint density at radius 2 is 1.94 bits per heavy atom. The number of aliphatic carboxylic acids is 1. The van der Waals surface area contributed by atoms with Gasteiger partial charge in [0.05, 0.1) is 4.87 Å². The average Bonchev–Trinajstić information content (AvgIpc) is 2.09. The van der Waals surface area contributed by atoms with Crippen LogP contribution in [0, 0.1) is 0 Å². The molecule has 7 heteroatoms. The third kappa shape index (κ3) is 9.67. The maximum atomic E-state index is 11.1. The topological polar surface area (TPSA) is 66.4 Å². The molecular formula is C10H19NO3S3. The zero-order valence-corrected chi connectivity index (χ0v) is 12.4. The summed E-state index contributed by atoms with van der Waals surface area (Å²) in [6.07, 6.45) is 2.50. The number of unbranched alkanes of at least 4 members (excludes halogenated alkanes) is 1. The van der Waals surface area contributed by atoms with Crippen LogP contribution in [-0.4, -0.2) is 26.4 Å². The van der Waals surface area contributed by atoms with Crippen LogP contribution in [0.1, 0.15) is 39.0 Å². The van der Waals surface area contributed by atoms with E-state index in [9.17, 15) is 9.59 Å². The molecule has 0 aromatic heterocycles. The molecule has 0 saturated heterocycles. The Hall–Kier alpha value is -0.0100. The van der Waals surface area contributed by atoms with Gasteiger partial charge in [0.15, 0.2) is 0 Å². The highest BCUT2D eigenvalue weighted by Crippen LogP contribution is 2.28. The summed E-state index contributed by atoms with van der Waals surface area (Å²) >= 11 is 12.8. The summed E-state index contributed by atoms with van der Waals surface area (Å²) in [5, 5.41) is 11.3. The van der Waals surface area contributed by atoms with Gasteiger partial charge in [0.2, 0.25) is 5.91 Å². The quantitative estimate of drug-likeness (QED) is 0.270. The smallest absolute Gasteiger partial charge is 0.303 e. The Morgan fingerprint density at radius 1 is 1.35 bits per heavy atom. The Labute approximate surface area is 118 Å². The summed E-state index contributed by atoms with van der Waals surface area (Å²) in [7, 11) is 0. The lowest BCUT2D eigenvalue weighted by Gasteiger charge is -2.30. The van der Waals surface area contributed by atoms with Crippen molar-refractivity contribution in [2.24, 2.45) is 0 Å². The minimum absolute atomic E-state index is 0.134. The number of amides is 1. The summed E-state index contributed by atoms with van der Waals surface area (Å²) in [6, 6.07) is 0. The van der Waals surface area contributed by atoms with E-state index in [0.29, 0.717) is 25.7 Å². The molecule has 0 aliphatic carbocycles. The molecule has 1 atom stereocenters. The van der Waals surface area contributed by atoms with Crippen molar-refractivity contribution in [2.45, 2.75) is 48.5 Å². The zero-order chi connectivity index (χ0) is 13.5. The van der Waals surface area contributed by atoms with Crippen LogP contribution < -0.4 is 5.32 Å². The predicted molar refractivity (Wildman–Crippen MR) is 78.0 cm³/mol. The molecule has 0 bridgehead atoms. The molecule has 17 heavy (non-hydrogen) atoms. The number of hydrogen-bond donors (Lipinski definition) is 5. The number of carbonyl (C=O) groups excluding carboxylic acids is 1. The number of carboxylic acid groups (broad SMARTS) is 1. The fraction of sp³-hybridized carbons (Fsp3) is 0.800. The standard InChI is InChI=1S/C10H19NO3S3/c1-7(12)11-10(17,6-9(15)16)5-3-2-4-8(13)14/h9,15-17H,2-6H2,1H3,(H,11,12)(H,13,14). The largest absolute Gasteiger partial charge is 0.481 e. The molecule has 0 fully saturated rings. The van der Waals surface area contributed by atoms with Crippen LogP contribution in [-0.2, 0) is 9.59 Å². The molecular weight excluding hydrogens is 278 g/mol. The van der Waals surface area contributed by atoms with Crippen molar-refractivity contribution in [3.05, 3.63) is 0 Å². The first-order valence-electron chi connectivity index (χ1n) is 5.34. The second-order valence-corrected chi connectivity index (χ2v) is 6.51. The highest BCUT2D eigenvalue weighted by atomic mass is 32.2. The Kier molecular flexibility index (Phi) is 8.15. The van der Waals surface area contributed by atoms with Gasteiger partial charge in [-0.15, -0.1) is 0 Å². The van der Waals surface area contributed by atoms with Crippen LogP contribution in [0.4, 0.5) is 0 Å². The number of carboxylic acids is 1. The van der Waals surface area contributed by atoms with Crippen molar-refractivity contribution in [3.63, 3.8) is 0 Å². The van der Waals surface area contributed by atoms with Crippen LogP contribution in [0.2, 0.25) is 0 Å². The van der Waals surface area contributed by atoms with Crippen LogP contribution in [0.25, 0.3) is 0 Å². The number of rotatable bonds is 8. The van der Waals surface area contributed by atoms with Gasteiger partial charge in [-0.2, -0.15) is 37.9 Å². The Morgan fingerprint density at radius 3 is 2.35 bits per heavy atom. The number of nitrogens with one attached hydrogen (secondary N) is 1.